The molecule has 1 aromatic rings. The Bertz CT molecular complexity index is 388. The maximum Gasteiger partial charge on any atom is 0.0953 e. The van der Waals surface area contributed by atoms with Crippen LogP contribution < -0.4 is 5.32 Å². The Balaban J connectivity index is 2.03. The summed E-state index contributed by atoms with van der Waals surface area (Å²) in [7, 11) is 0. The molecule has 0 aromatic carbocycles. The molecule has 0 saturated heterocycles. The van der Waals surface area contributed by atoms with Crippen LogP contribution in [0.15, 0.2) is 18.1 Å². The summed E-state index contributed by atoms with van der Waals surface area (Å²) in [6, 6.07) is 1.15. The van der Waals surface area contributed by atoms with Crippen molar-refractivity contribution < 1.29 is 0 Å². The standard InChI is InChI=1S/C14H23N3/c1-4-7-16-12(3)11(2)8-14-9-15-10-17(14)13-5-6-13/h8-10,12-13,16H,4-7H2,1-3H3. The van der Waals surface area contributed by atoms with Crippen LogP contribution in [-0.2, 0) is 0 Å². The Morgan fingerprint density at radius 3 is 3.06 bits per heavy atom. The molecule has 0 amide bonds. The Morgan fingerprint density at radius 2 is 2.41 bits per heavy atom. The molecule has 3 nitrogen and oxygen atoms in total. The van der Waals surface area contributed by atoms with Gasteiger partial charge in [0.2, 0.25) is 0 Å². The highest BCUT2D eigenvalue weighted by molar-refractivity contribution is 5.49. The number of nitrogens with one attached hydrogen (secondary N) is 1. The van der Waals surface area contributed by atoms with Gasteiger partial charge in [-0.2, -0.15) is 0 Å². The second-order valence-electron chi connectivity index (χ2n) is 5.02. The number of aromatic nitrogens is 2. The van der Waals surface area contributed by atoms with Crippen molar-refractivity contribution in [2.45, 2.75) is 52.1 Å². The summed E-state index contributed by atoms with van der Waals surface area (Å²) in [5, 5.41) is 3.51. The summed E-state index contributed by atoms with van der Waals surface area (Å²) >= 11 is 0. The van der Waals surface area contributed by atoms with Gasteiger partial charge in [-0.1, -0.05) is 12.5 Å². The molecule has 3 heteroatoms. The van der Waals surface area contributed by atoms with Crippen LogP contribution in [0.3, 0.4) is 0 Å². The van der Waals surface area contributed by atoms with E-state index in [-0.39, 0.29) is 0 Å². The Kier molecular flexibility index (Phi) is 4.00. The molecular formula is C14H23N3. The topological polar surface area (TPSA) is 29.9 Å². The predicted octanol–water partition coefficient (Wildman–Crippen LogP) is 3.01. The van der Waals surface area contributed by atoms with Gasteiger partial charge in [0.25, 0.3) is 0 Å². The highest BCUT2D eigenvalue weighted by Gasteiger charge is 2.24. The van der Waals surface area contributed by atoms with Gasteiger partial charge in [0.05, 0.1) is 18.2 Å². The van der Waals surface area contributed by atoms with Crippen molar-refractivity contribution in [2.24, 2.45) is 0 Å². The third-order valence-electron chi connectivity index (χ3n) is 3.40. The van der Waals surface area contributed by atoms with Crippen LogP contribution in [0.25, 0.3) is 6.08 Å². The second kappa shape index (κ2) is 5.50. The quantitative estimate of drug-likeness (QED) is 0.818. The molecule has 0 bridgehead atoms. The smallest absolute Gasteiger partial charge is 0.0953 e. The van der Waals surface area contributed by atoms with Crippen LogP contribution in [0.1, 0.15) is 51.8 Å². The summed E-state index contributed by atoms with van der Waals surface area (Å²) in [4.78, 5) is 4.26. The SMILES string of the molecule is CCCNC(C)C(C)=Cc1cncn1C1CC1. The van der Waals surface area contributed by atoms with Crippen LogP contribution in [-0.4, -0.2) is 22.1 Å². The van der Waals surface area contributed by atoms with E-state index in [0.29, 0.717) is 12.1 Å². The average Bonchev–Trinajstić information content (AvgIpc) is 3.07. The lowest BCUT2D eigenvalue weighted by Gasteiger charge is -2.14. The number of hydrogen-bond acceptors (Lipinski definition) is 2. The van der Waals surface area contributed by atoms with Crippen molar-refractivity contribution in [3.05, 3.63) is 23.8 Å². The second-order valence-corrected chi connectivity index (χ2v) is 5.02. The van der Waals surface area contributed by atoms with Gasteiger partial charge in [0, 0.05) is 12.1 Å². The van der Waals surface area contributed by atoms with E-state index in [2.05, 4.69) is 41.7 Å². The number of nitrogens with zero attached hydrogens (tertiary/aromatic N) is 2. The third kappa shape index (κ3) is 3.19. The molecule has 0 spiro atoms. The summed E-state index contributed by atoms with van der Waals surface area (Å²) in [5.41, 5.74) is 2.62. The fourth-order valence-corrected chi connectivity index (χ4v) is 1.96. The van der Waals surface area contributed by atoms with Crippen molar-refractivity contribution in [3.8, 4) is 0 Å². The predicted molar refractivity (Wildman–Crippen MR) is 71.9 cm³/mol. The first-order valence-corrected chi connectivity index (χ1v) is 6.65. The lowest BCUT2D eigenvalue weighted by Crippen LogP contribution is -2.27. The summed E-state index contributed by atoms with van der Waals surface area (Å²) in [5.74, 6) is 0. The number of imidazole rings is 1. The van der Waals surface area contributed by atoms with Crippen LogP contribution in [0.2, 0.25) is 0 Å². The van der Waals surface area contributed by atoms with E-state index >= 15 is 0 Å². The summed E-state index contributed by atoms with van der Waals surface area (Å²) < 4.78 is 2.30. The minimum atomic E-state index is 0.442. The minimum absolute atomic E-state index is 0.442. The molecule has 1 atom stereocenters. The maximum atomic E-state index is 4.26. The van der Waals surface area contributed by atoms with E-state index in [4.69, 9.17) is 0 Å². The Labute approximate surface area is 104 Å². The lowest BCUT2D eigenvalue weighted by molar-refractivity contribution is 0.603. The van der Waals surface area contributed by atoms with E-state index in [1.807, 2.05) is 12.5 Å². The molecule has 1 unspecified atom stereocenters. The maximum absolute atomic E-state index is 4.26. The fourth-order valence-electron chi connectivity index (χ4n) is 1.96. The summed E-state index contributed by atoms with van der Waals surface area (Å²) in [6.45, 7) is 7.69. The summed E-state index contributed by atoms with van der Waals surface area (Å²) in [6.07, 6.45) is 9.98. The fraction of sp³-hybridized carbons (Fsp3) is 0.643. The third-order valence-corrected chi connectivity index (χ3v) is 3.40. The van der Waals surface area contributed by atoms with E-state index in [0.717, 1.165) is 6.54 Å². The molecule has 2 rings (SSSR count). The van der Waals surface area contributed by atoms with Crippen LogP contribution in [0.5, 0.6) is 0 Å². The van der Waals surface area contributed by atoms with Gasteiger partial charge < -0.3 is 9.88 Å². The highest BCUT2D eigenvalue weighted by Crippen LogP contribution is 2.36. The molecule has 1 aliphatic carbocycles. The zero-order chi connectivity index (χ0) is 12.3. The molecule has 94 valence electrons. The molecule has 1 aliphatic rings. The van der Waals surface area contributed by atoms with Gasteiger partial charge in [0.1, 0.15) is 0 Å². The Hall–Kier alpha value is -1.09. The van der Waals surface area contributed by atoms with Crippen molar-refractivity contribution in [1.82, 2.24) is 14.9 Å². The molecule has 0 aliphatic heterocycles. The van der Waals surface area contributed by atoms with Crippen LogP contribution in [0, 0.1) is 0 Å². The van der Waals surface area contributed by atoms with E-state index in [9.17, 15) is 0 Å². The molecular weight excluding hydrogens is 210 g/mol. The van der Waals surface area contributed by atoms with Gasteiger partial charge >= 0.3 is 0 Å². The zero-order valence-electron chi connectivity index (χ0n) is 11.1. The van der Waals surface area contributed by atoms with Gasteiger partial charge in [-0.25, -0.2) is 4.98 Å². The molecule has 17 heavy (non-hydrogen) atoms. The minimum Gasteiger partial charge on any atom is -0.328 e. The highest BCUT2D eigenvalue weighted by atomic mass is 15.1. The average molecular weight is 233 g/mol. The number of rotatable bonds is 6. The lowest BCUT2D eigenvalue weighted by atomic mass is 10.1. The first kappa shape index (κ1) is 12.4. The molecule has 1 saturated carbocycles. The van der Waals surface area contributed by atoms with Gasteiger partial charge in [-0.15, -0.1) is 0 Å². The van der Waals surface area contributed by atoms with Gasteiger partial charge in [-0.3, -0.25) is 0 Å². The van der Waals surface area contributed by atoms with E-state index in [1.165, 1.54) is 30.5 Å². The number of hydrogen-bond donors (Lipinski definition) is 1. The molecule has 1 fully saturated rings. The molecule has 1 aromatic heterocycles. The van der Waals surface area contributed by atoms with Crippen molar-refractivity contribution in [3.63, 3.8) is 0 Å². The van der Waals surface area contributed by atoms with Crippen molar-refractivity contribution >= 4 is 6.08 Å². The normalized spacial score (nSPS) is 18.4. The van der Waals surface area contributed by atoms with Crippen LogP contribution >= 0.6 is 0 Å². The van der Waals surface area contributed by atoms with Gasteiger partial charge in [-0.05, 0) is 45.7 Å². The van der Waals surface area contributed by atoms with Crippen LogP contribution in [0.4, 0.5) is 0 Å². The first-order chi connectivity index (χ1) is 8.22. The van der Waals surface area contributed by atoms with Crippen molar-refractivity contribution in [2.75, 3.05) is 6.54 Å². The molecule has 0 radical (unpaired) electrons. The Morgan fingerprint density at radius 1 is 1.65 bits per heavy atom. The molecule has 1 N–H and O–H groups in total. The van der Waals surface area contributed by atoms with Crippen molar-refractivity contribution in [1.29, 1.82) is 0 Å². The largest absolute Gasteiger partial charge is 0.328 e. The first-order valence-electron chi connectivity index (χ1n) is 6.65. The van der Waals surface area contributed by atoms with E-state index in [1.54, 1.807) is 0 Å². The van der Waals surface area contributed by atoms with Gasteiger partial charge in [0.15, 0.2) is 0 Å². The monoisotopic (exact) mass is 233 g/mol. The zero-order valence-corrected chi connectivity index (χ0v) is 11.1. The van der Waals surface area contributed by atoms with E-state index < -0.39 is 0 Å². The molecule has 1 heterocycles.